The zero-order valence-corrected chi connectivity index (χ0v) is 11.9. The highest BCUT2D eigenvalue weighted by Crippen LogP contribution is 2.32. The molecule has 1 heteroatoms. The lowest BCUT2D eigenvalue weighted by Crippen LogP contribution is -1.89. The minimum atomic E-state index is 1.05. The molecule has 0 bridgehead atoms. The molecule has 1 aromatic heterocycles. The molecule has 0 aliphatic carbocycles. The molecule has 1 nitrogen and oxygen atoms in total. The normalized spacial score (nSPS) is 11.1. The Hall–Kier alpha value is -2.67. The standard InChI is InChI=1S/C20H15N/c1-14-11-12-19-17(20(14)15-7-3-2-4-8-15)13-16-9-5-6-10-18(16)21-19/h2-13H,1H3. The van der Waals surface area contributed by atoms with Gasteiger partial charge < -0.3 is 0 Å². The van der Waals surface area contributed by atoms with Gasteiger partial charge in [0.1, 0.15) is 0 Å². The molecule has 0 atom stereocenters. The third-order valence-electron chi connectivity index (χ3n) is 3.97. The van der Waals surface area contributed by atoms with E-state index in [0.29, 0.717) is 0 Å². The molecule has 0 N–H and O–H groups in total. The van der Waals surface area contributed by atoms with Gasteiger partial charge in [0, 0.05) is 10.8 Å². The molecule has 0 amide bonds. The summed E-state index contributed by atoms with van der Waals surface area (Å²) in [4.78, 5) is 4.80. The number of benzene rings is 3. The lowest BCUT2D eigenvalue weighted by atomic mass is 9.95. The third-order valence-corrected chi connectivity index (χ3v) is 3.97. The van der Waals surface area contributed by atoms with Crippen LogP contribution in [0.2, 0.25) is 0 Å². The predicted octanol–water partition coefficient (Wildman–Crippen LogP) is 5.36. The summed E-state index contributed by atoms with van der Waals surface area (Å²) < 4.78 is 0. The van der Waals surface area contributed by atoms with Crippen LogP contribution in [0.3, 0.4) is 0 Å². The smallest absolute Gasteiger partial charge is 0.0716 e. The zero-order valence-electron chi connectivity index (χ0n) is 11.9. The monoisotopic (exact) mass is 269 g/mol. The topological polar surface area (TPSA) is 12.9 Å². The van der Waals surface area contributed by atoms with E-state index in [4.69, 9.17) is 4.98 Å². The molecule has 0 radical (unpaired) electrons. The zero-order chi connectivity index (χ0) is 14.2. The molecule has 0 aliphatic heterocycles. The van der Waals surface area contributed by atoms with Gasteiger partial charge >= 0.3 is 0 Å². The molecule has 0 fully saturated rings. The molecular weight excluding hydrogens is 254 g/mol. The van der Waals surface area contributed by atoms with Gasteiger partial charge in [-0.05, 0) is 41.8 Å². The second-order valence-corrected chi connectivity index (χ2v) is 5.37. The second-order valence-electron chi connectivity index (χ2n) is 5.37. The van der Waals surface area contributed by atoms with E-state index in [-0.39, 0.29) is 0 Å². The maximum atomic E-state index is 4.80. The molecule has 4 aromatic rings. The molecule has 0 unspecified atom stereocenters. The first kappa shape index (κ1) is 12.1. The van der Waals surface area contributed by atoms with Gasteiger partial charge in [0.2, 0.25) is 0 Å². The summed E-state index contributed by atoms with van der Waals surface area (Å²) in [6.07, 6.45) is 0. The van der Waals surface area contributed by atoms with Gasteiger partial charge in [-0.3, -0.25) is 0 Å². The predicted molar refractivity (Wildman–Crippen MR) is 89.4 cm³/mol. The van der Waals surface area contributed by atoms with Crippen molar-refractivity contribution < 1.29 is 0 Å². The van der Waals surface area contributed by atoms with Crippen molar-refractivity contribution in [3.05, 3.63) is 78.4 Å². The lowest BCUT2D eigenvalue weighted by molar-refractivity contribution is 1.44. The van der Waals surface area contributed by atoms with Crippen LogP contribution in [0.1, 0.15) is 5.56 Å². The number of hydrogen-bond acceptors (Lipinski definition) is 1. The van der Waals surface area contributed by atoms with Crippen molar-refractivity contribution in [3.63, 3.8) is 0 Å². The molecular formula is C20H15N. The fourth-order valence-electron chi connectivity index (χ4n) is 2.95. The van der Waals surface area contributed by atoms with Gasteiger partial charge in [-0.2, -0.15) is 0 Å². The second kappa shape index (κ2) is 4.71. The van der Waals surface area contributed by atoms with Crippen molar-refractivity contribution in [1.82, 2.24) is 4.98 Å². The van der Waals surface area contributed by atoms with Crippen molar-refractivity contribution in [2.75, 3.05) is 0 Å². The molecule has 100 valence electrons. The number of fused-ring (bicyclic) bond motifs is 2. The highest BCUT2D eigenvalue weighted by atomic mass is 14.7. The quantitative estimate of drug-likeness (QED) is 0.424. The van der Waals surface area contributed by atoms with E-state index in [1.165, 1.54) is 27.5 Å². The molecule has 1 heterocycles. The number of aryl methyl sites for hydroxylation is 1. The molecule has 3 aromatic carbocycles. The van der Waals surface area contributed by atoms with Crippen molar-refractivity contribution in [3.8, 4) is 11.1 Å². The van der Waals surface area contributed by atoms with Crippen LogP contribution < -0.4 is 0 Å². The van der Waals surface area contributed by atoms with Crippen LogP contribution >= 0.6 is 0 Å². The summed E-state index contributed by atoms with van der Waals surface area (Å²) in [6.45, 7) is 2.16. The summed E-state index contributed by atoms with van der Waals surface area (Å²) in [5.41, 5.74) is 5.92. The van der Waals surface area contributed by atoms with E-state index in [1.54, 1.807) is 0 Å². The fourth-order valence-corrected chi connectivity index (χ4v) is 2.95. The molecule has 0 spiro atoms. The summed E-state index contributed by atoms with van der Waals surface area (Å²) in [6, 6.07) is 25.4. The van der Waals surface area contributed by atoms with E-state index in [1.807, 2.05) is 6.07 Å². The molecule has 4 rings (SSSR count). The van der Waals surface area contributed by atoms with Crippen molar-refractivity contribution in [2.45, 2.75) is 6.92 Å². The summed E-state index contributed by atoms with van der Waals surface area (Å²) >= 11 is 0. The summed E-state index contributed by atoms with van der Waals surface area (Å²) in [5.74, 6) is 0. The first-order valence-corrected chi connectivity index (χ1v) is 7.17. The Balaban J connectivity index is 2.14. The number of para-hydroxylation sites is 1. The van der Waals surface area contributed by atoms with Gasteiger partial charge in [0.05, 0.1) is 11.0 Å². The van der Waals surface area contributed by atoms with E-state index in [0.717, 1.165) is 11.0 Å². The van der Waals surface area contributed by atoms with E-state index < -0.39 is 0 Å². The van der Waals surface area contributed by atoms with Crippen molar-refractivity contribution in [2.24, 2.45) is 0 Å². The molecule has 0 saturated heterocycles. The Labute approximate surface area is 123 Å². The highest BCUT2D eigenvalue weighted by molar-refractivity contribution is 6.02. The fraction of sp³-hybridized carbons (Fsp3) is 0.0500. The van der Waals surface area contributed by atoms with Crippen LogP contribution in [-0.4, -0.2) is 4.98 Å². The molecule has 0 saturated carbocycles. The molecule has 0 aliphatic rings. The minimum absolute atomic E-state index is 1.05. The van der Waals surface area contributed by atoms with Crippen LogP contribution in [0.15, 0.2) is 72.8 Å². The lowest BCUT2D eigenvalue weighted by Gasteiger charge is -2.11. The van der Waals surface area contributed by atoms with Crippen LogP contribution in [0, 0.1) is 6.92 Å². The summed E-state index contributed by atoms with van der Waals surface area (Å²) in [7, 11) is 0. The Bertz CT molecular complexity index is 940. The largest absolute Gasteiger partial charge is 0.248 e. The van der Waals surface area contributed by atoms with Gasteiger partial charge in [0.15, 0.2) is 0 Å². The van der Waals surface area contributed by atoms with E-state index >= 15 is 0 Å². The van der Waals surface area contributed by atoms with Gasteiger partial charge in [-0.15, -0.1) is 0 Å². The van der Waals surface area contributed by atoms with Crippen LogP contribution in [-0.2, 0) is 0 Å². The van der Waals surface area contributed by atoms with Crippen LogP contribution in [0.5, 0.6) is 0 Å². The van der Waals surface area contributed by atoms with Crippen LogP contribution in [0.4, 0.5) is 0 Å². The first-order valence-electron chi connectivity index (χ1n) is 7.17. The average Bonchev–Trinajstić information content (AvgIpc) is 2.54. The Kier molecular flexibility index (Phi) is 2.71. The van der Waals surface area contributed by atoms with Crippen molar-refractivity contribution >= 4 is 21.8 Å². The Morgan fingerprint density at radius 1 is 0.714 bits per heavy atom. The van der Waals surface area contributed by atoms with Gasteiger partial charge in [-0.1, -0.05) is 54.6 Å². The first-order chi connectivity index (χ1) is 10.3. The Morgan fingerprint density at radius 2 is 1.48 bits per heavy atom. The average molecular weight is 269 g/mol. The number of pyridine rings is 1. The van der Waals surface area contributed by atoms with Crippen LogP contribution in [0.25, 0.3) is 32.9 Å². The number of nitrogens with zero attached hydrogens (tertiary/aromatic N) is 1. The number of aromatic nitrogens is 1. The third kappa shape index (κ3) is 1.98. The maximum absolute atomic E-state index is 4.80. The van der Waals surface area contributed by atoms with Gasteiger partial charge in [-0.25, -0.2) is 4.98 Å². The summed E-state index contributed by atoms with van der Waals surface area (Å²) in [5, 5.41) is 2.41. The number of hydrogen-bond donors (Lipinski definition) is 0. The highest BCUT2D eigenvalue weighted by Gasteiger charge is 2.09. The minimum Gasteiger partial charge on any atom is -0.248 e. The van der Waals surface area contributed by atoms with Gasteiger partial charge in [0.25, 0.3) is 0 Å². The van der Waals surface area contributed by atoms with Crippen molar-refractivity contribution in [1.29, 1.82) is 0 Å². The van der Waals surface area contributed by atoms with E-state index in [9.17, 15) is 0 Å². The molecule has 21 heavy (non-hydrogen) atoms. The maximum Gasteiger partial charge on any atom is 0.0716 e. The Morgan fingerprint density at radius 3 is 2.33 bits per heavy atom. The van der Waals surface area contributed by atoms with E-state index in [2.05, 4.69) is 73.7 Å². The number of rotatable bonds is 1. The SMILES string of the molecule is Cc1ccc2nc3ccccc3cc2c1-c1ccccc1.